The molecule has 0 saturated carbocycles. The number of hydrogen-bond donors (Lipinski definition) is 1. The summed E-state index contributed by atoms with van der Waals surface area (Å²) in [6.07, 6.45) is 2.27. The van der Waals surface area contributed by atoms with Gasteiger partial charge in [0.05, 0.1) is 21.8 Å². The Morgan fingerprint density at radius 1 is 1.25 bits per heavy atom. The van der Waals surface area contributed by atoms with Gasteiger partial charge in [-0.15, -0.1) is 0 Å². The first-order valence-electron chi connectivity index (χ1n) is 6.94. The number of nitrogens with one attached hydrogen (secondary N) is 1. The molecule has 0 aliphatic rings. The second kappa shape index (κ2) is 4.78. The fourth-order valence-corrected chi connectivity index (χ4v) is 3.54. The zero-order valence-corrected chi connectivity index (χ0v) is 14.2. The predicted molar refractivity (Wildman–Crippen MR) is 92.3 cm³/mol. The third-order valence-electron chi connectivity index (χ3n) is 3.97. The van der Waals surface area contributed by atoms with Gasteiger partial charge in [0.1, 0.15) is 5.65 Å². The van der Waals surface area contributed by atoms with Crippen molar-refractivity contribution in [3.05, 3.63) is 39.8 Å². The first-order chi connectivity index (χ1) is 11.3. The summed E-state index contributed by atoms with van der Waals surface area (Å²) in [5, 5.41) is 1.96. The molecule has 7 nitrogen and oxygen atoms in total. The highest BCUT2D eigenvalue weighted by molar-refractivity contribution is 7.90. The Kier molecular flexibility index (Phi) is 3.01. The minimum absolute atomic E-state index is 0.234. The molecule has 0 saturated heterocycles. The number of pyridine rings is 1. The summed E-state index contributed by atoms with van der Waals surface area (Å²) >= 11 is 6.06. The number of H-pyrrole nitrogens is 1. The van der Waals surface area contributed by atoms with E-state index < -0.39 is 9.84 Å². The van der Waals surface area contributed by atoms with Gasteiger partial charge in [0.15, 0.2) is 0 Å². The maximum atomic E-state index is 12.3. The van der Waals surface area contributed by atoms with Crippen LogP contribution in [-0.2, 0) is 16.9 Å². The van der Waals surface area contributed by atoms with E-state index in [-0.39, 0.29) is 16.1 Å². The molecule has 0 aliphatic heterocycles. The minimum Gasteiger partial charge on any atom is -0.330 e. The molecule has 0 spiro atoms. The lowest BCUT2D eigenvalue weighted by molar-refractivity contribution is 0.594. The molecule has 3 heterocycles. The normalized spacial score (nSPS) is 12.5. The van der Waals surface area contributed by atoms with Gasteiger partial charge in [0.25, 0.3) is 5.56 Å². The van der Waals surface area contributed by atoms with Crippen LogP contribution in [0.3, 0.4) is 0 Å². The molecule has 0 fully saturated rings. The van der Waals surface area contributed by atoms with Gasteiger partial charge in [-0.3, -0.25) is 4.79 Å². The van der Waals surface area contributed by atoms with E-state index in [0.29, 0.717) is 21.6 Å². The smallest absolute Gasteiger partial charge is 0.260 e. The van der Waals surface area contributed by atoms with E-state index in [0.717, 1.165) is 17.2 Å². The topological polar surface area (TPSA) is 97.7 Å². The zero-order chi connectivity index (χ0) is 17.2. The number of rotatable bonds is 1. The van der Waals surface area contributed by atoms with Crippen LogP contribution in [0.15, 0.2) is 34.3 Å². The summed E-state index contributed by atoms with van der Waals surface area (Å²) in [6.45, 7) is 0. The molecule has 1 N–H and O–H groups in total. The highest BCUT2D eigenvalue weighted by Gasteiger charge is 2.18. The van der Waals surface area contributed by atoms with Crippen LogP contribution >= 0.6 is 11.6 Å². The van der Waals surface area contributed by atoms with Crippen molar-refractivity contribution in [1.29, 1.82) is 0 Å². The summed E-state index contributed by atoms with van der Waals surface area (Å²) in [5.74, 6) is 0. The summed E-state index contributed by atoms with van der Waals surface area (Å²) in [6, 6.07) is 5.33. The molecule has 0 aliphatic carbocycles. The average Bonchev–Trinajstić information content (AvgIpc) is 2.79. The molecule has 0 bridgehead atoms. The summed E-state index contributed by atoms with van der Waals surface area (Å²) in [5.41, 5.74) is 1.27. The van der Waals surface area contributed by atoms with Crippen molar-refractivity contribution < 1.29 is 8.42 Å². The molecule has 4 rings (SSSR count). The van der Waals surface area contributed by atoms with Crippen LogP contribution in [0.2, 0.25) is 5.02 Å². The Hall–Kier alpha value is -2.45. The Morgan fingerprint density at radius 3 is 2.71 bits per heavy atom. The lowest BCUT2D eigenvalue weighted by atomic mass is 10.1. The minimum atomic E-state index is -3.59. The number of fused-ring (bicyclic) bond motifs is 5. The molecule has 0 unspecified atom stereocenters. The van der Waals surface area contributed by atoms with E-state index in [2.05, 4.69) is 15.0 Å². The van der Waals surface area contributed by atoms with E-state index in [1.54, 1.807) is 23.7 Å². The summed E-state index contributed by atoms with van der Waals surface area (Å²) in [7, 11) is -1.80. The third kappa shape index (κ3) is 2.03. The number of aromatic nitrogens is 4. The Balaban J connectivity index is 2.34. The molecule has 4 aromatic rings. The van der Waals surface area contributed by atoms with Crippen molar-refractivity contribution in [2.45, 2.75) is 5.16 Å². The number of hydrogen-bond acceptors (Lipinski definition) is 5. The van der Waals surface area contributed by atoms with Gasteiger partial charge in [0, 0.05) is 29.9 Å². The van der Waals surface area contributed by atoms with Gasteiger partial charge in [-0.05, 0) is 12.1 Å². The van der Waals surface area contributed by atoms with Crippen molar-refractivity contribution >= 4 is 54.3 Å². The number of sulfone groups is 1. The molecule has 0 amide bonds. The van der Waals surface area contributed by atoms with E-state index >= 15 is 0 Å². The van der Waals surface area contributed by atoms with Crippen molar-refractivity contribution in [3.63, 3.8) is 0 Å². The monoisotopic (exact) mass is 362 g/mol. The average molecular weight is 363 g/mol. The van der Waals surface area contributed by atoms with Gasteiger partial charge in [-0.25, -0.2) is 18.4 Å². The maximum Gasteiger partial charge on any atom is 0.260 e. The van der Waals surface area contributed by atoms with Crippen molar-refractivity contribution in [2.75, 3.05) is 6.26 Å². The molecule has 0 radical (unpaired) electrons. The van der Waals surface area contributed by atoms with Crippen molar-refractivity contribution in [3.8, 4) is 0 Å². The highest BCUT2D eigenvalue weighted by Crippen LogP contribution is 2.32. The summed E-state index contributed by atoms with van der Waals surface area (Å²) in [4.78, 5) is 23.1. The number of nitrogens with zero attached hydrogens (tertiary/aromatic N) is 3. The summed E-state index contributed by atoms with van der Waals surface area (Å²) < 4.78 is 25.3. The van der Waals surface area contributed by atoms with Gasteiger partial charge < -0.3 is 9.55 Å². The predicted octanol–water partition coefficient (Wildman–Crippen LogP) is 2.02. The van der Waals surface area contributed by atoms with Gasteiger partial charge in [-0.2, -0.15) is 0 Å². The number of benzene rings is 1. The Morgan fingerprint density at radius 2 is 2.00 bits per heavy atom. The molecule has 9 heteroatoms. The lowest BCUT2D eigenvalue weighted by Gasteiger charge is -2.02. The van der Waals surface area contributed by atoms with Gasteiger partial charge in [-0.1, -0.05) is 17.7 Å². The van der Waals surface area contributed by atoms with E-state index in [1.165, 1.54) is 6.20 Å². The zero-order valence-electron chi connectivity index (χ0n) is 12.7. The standard InChI is InChI=1S/C15H11ClN4O3S/c1-20-10-5-7(16)3-4-8(10)11-12-9(14(21)19-13(11)20)6-17-15(18-12)24(2,22)23/h3-6H,1-2H3,(H,19,21). The number of halogens is 1. The molecule has 122 valence electrons. The molecule has 24 heavy (non-hydrogen) atoms. The molecular weight excluding hydrogens is 352 g/mol. The molecule has 3 aromatic heterocycles. The fraction of sp³-hybridized carbons (Fsp3) is 0.133. The van der Waals surface area contributed by atoms with Crippen LogP contribution in [0.25, 0.3) is 32.8 Å². The van der Waals surface area contributed by atoms with E-state index in [9.17, 15) is 13.2 Å². The number of aromatic amines is 1. The van der Waals surface area contributed by atoms with Crippen LogP contribution in [0.1, 0.15) is 0 Å². The second-order valence-corrected chi connectivity index (χ2v) is 7.93. The number of aryl methyl sites for hydroxylation is 1. The quantitative estimate of drug-likeness (QED) is 0.522. The molecular formula is C15H11ClN4O3S. The second-order valence-electron chi connectivity index (χ2n) is 5.59. The Bertz CT molecular complexity index is 1320. The third-order valence-corrected chi connectivity index (χ3v) is 5.07. The van der Waals surface area contributed by atoms with E-state index in [1.807, 2.05) is 6.07 Å². The van der Waals surface area contributed by atoms with Crippen molar-refractivity contribution in [2.24, 2.45) is 7.05 Å². The first-order valence-corrected chi connectivity index (χ1v) is 9.21. The largest absolute Gasteiger partial charge is 0.330 e. The van der Waals surface area contributed by atoms with Crippen LogP contribution in [0, 0.1) is 0 Å². The van der Waals surface area contributed by atoms with Crippen LogP contribution < -0.4 is 5.56 Å². The molecule has 1 aromatic carbocycles. The maximum absolute atomic E-state index is 12.3. The fourth-order valence-electron chi connectivity index (χ4n) is 2.87. The van der Waals surface area contributed by atoms with Crippen LogP contribution in [0.5, 0.6) is 0 Å². The molecule has 0 atom stereocenters. The lowest BCUT2D eigenvalue weighted by Crippen LogP contribution is -2.11. The SMILES string of the molecule is Cn1c2cc(Cl)ccc2c2c3nc(S(C)(=O)=O)ncc3c(=O)[nH]c21. The van der Waals surface area contributed by atoms with Gasteiger partial charge >= 0.3 is 0 Å². The highest BCUT2D eigenvalue weighted by atomic mass is 35.5. The Labute approximate surface area is 140 Å². The van der Waals surface area contributed by atoms with E-state index in [4.69, 9.17) is 11.6 Å². The van der Waals surface area contributed by atoms with Gasteiger partial charge in [0.2, 0.25) is 15.0 Å². The van der Waals surface area contributed by atoms with Crippen molar-refractivity contribution in [1.82, 2.24) is 19.5 Å². The van der Waals surface area contributed by atoms with Crippen LogP contribution in [-0.4, -0.2) is 34.2 Å². The first kappa shape index (κ1) is 15.1. The van der Waals surface area contributed by atoms with Crippen LogP contribution in [0.4, 0.5) is 0 Å².